The van der Waals surface area contributed by atoms with Crippen LogP contribution in [0.3, 0.4) is 0 Å². The van der Waals surface area contributed by atoms with Gasteiger partial charge in [0.1, 0.15) is 5.78 Å². The summed E-state index contributed by atoms with van der Waals surface area (Å²) < 4.78 is 0. The maximum atomic E-state index is 10.4. The van der Waals surface area contributed by atoms with E-state index in [1.807, 2.05) is 13.8 Å². The zero-order valence-electron chi connectivity index (χ0n) is 15.3. The van der Waals surface area contributed by atoms with Gasteiger partial charge in [-0.2, -0.15) is 0 Å². The van der Waals surface area contributed by atoms with Gasteiger partial charge in [0.2, 0.25) is 0 Å². The summed E-state index contributed by atoms with van der Waals surface area (Å²) in [4.78, 5) is 30.6. The van der Waals surface area contributed by atoms with Crippen LogP contribution in [-0.4, -0.2) is 34.1 Å². The molecule has 0 rings (SSSR count). The molecule has 144 valence electrons. The first kappa shape index (κ1) is 28.7. The highest BCUT2D eigenvalue weighted by Gasteiger charge is 1.98. The first-order valence-electron chi connectivity index (χ1n) is 8.45. The predicted octanol–water partition coefficient (Wildman–Crippen LogP) is 5.33. The van der Waals surface area contributed by atoms with E-state index in [-0.39, 0.29) is 20.1 Å². The van der Waals surface area contributed by atoms with Crippen molar-refractivity contribution in [1.82, 2.24) is 0 Å². The maximum absolute atomic E-state index is 10.4. The molecule has 0 fully saturated rings. The first-order valence-corrected chi connectivity index (χ1v) is 13.2. The minimum Gasteiger partial charge on any atom is -0.481 e. The highest BCUT2D eigenvalue weighted by atomic mass is 32.4. The quantitative estimate of drug-likeness (QED) is 0.341. The van der Waals surface area contributed by atoms with Crippen molar-refractivity contribution in [2.45, 2.75) is 78.6 Å². The second-order valence-corrected chi connectivity index (χ2v) is 12.3. The number of Topliss-reactive ketones (excluding diaryl/α,β-unsaturated/α-hetero) is 1. The van der Waals surface area contributed by atoms with Gasteiger partial charge >= 0.3 is 11.9 Å². The minimum absolute atomic E-state index is 0.0500. The number of carbonyl (C=O) groups is 3. The molecule has 0 aliphatic rings. The fourth-order valence-electron chi connectivity index (χ4n) is 1.59. The number of carboxylic acid groups (broad SMARTS) is 2. The lowest BCUT2D eigenvalue weighted by molar-refractivity contribution is -0.138. The number of rotatable bonds is 12. The van der Waals surface area contributed by atoms with Gasteiger partial charge in [-0.1, -0.05) is 40.4 Å². The van der Waals surface area contributed by atoms with Crippen molar-refractivity contribution in [3.63, 3.8) is 0 Å². The third-order valence-corrected chi connectivity index (χ3v) is 5.11. The Morgan fingerprint density at radius 1 is 0.750 bits per heavy atom. The molecule has 0 aliphatic heterocycles. The van der Waals surface area contributed by atoms with Crippen molar-refractivity contribution in [2.24, 2.45) is 0 Å². The van der Waals surface area contributed by atoms with Crippen molar-refractivity contribution >= 4 is 42.9 Å². The third kappa shape index (κ3) is 37.8. The molecule has 0 saturated carbocycles. The summed E-state index contributed by atoms with van der Waals surface area (Å²) in [5, 5.41) is 16.6. The van der Waals surface area contributed by atoms with Crippen molar-refractivity contribution in [3.05, 3.63) is 0 Å². The smallest absolute Gasteiger partial charge is 0.303 e. The molecular formula is C16H35O5P3. The number of hydrogen-bond acceptors (Lipinski definition) is 3. The van der Waals surface area contributed by atoms with E-state index >= 15 is 0 Å². The molecule has 2 unspecified atom stereocenters. The van der Waals surface area contributed by atoms with E-state index in [0.717, 1.165) is 32.1 Å². The molecule has 0 bridgehead atoms. The second-order valence-electron chi connectivity index (χ2n) is 5.10. The molecule has 24 heavy (non-hydrogen) atoms. The zero-order valence-corrected chi connectivity index (χ0v) is 18.5. The monoisotopic (exact) mass is 400 g/mol. The lowest BCUT2D eigenvalue weighted by Crippen LogP contribution is -1.95. The van der Waals surface area contributed by atoms with E-state index in [4.69, 9.17) is 10.2 Å². The van der Waals surface area contributed by atoms with Crippen LogP contribution in [-0.2, 0) is 14.4 Å². The molecule has 2 N–H and O–H groups in total. The summed E-state index contributed by atoms with van der Waals surface area (Å²) in [5.41, 5.74) is 0. The molecule has 0 aliphatic carbocycles. The molecule has 0 radical (unpaired) electrons. The number of aliphatic carboxylic acids is 2. The highest BCUT2D eigenvalue weighted by Crippen LogP contribution is 2.52. The Morgan fingerprint density at radius 2 is 1.12 bits per heavy atom. The summed E-state index contributed by atoms with van der Waals surface area (Å²) in [7, 11) is 5.56. The molecule has 0 aromatic heterocycles. The average molecular weight is 400 g/mol. The van der Waals surface area contributed by atoms with Crippen LogP contribution < -0.4 is 0 Å². The lowest BCUT2D eigenvalue weighted by atomic mass is 10.1. The number of carbonyl (C=O) groups excluding carboxylic acids is 1. The fourth-order valence-corrected chi connectivity index (χ4v) is 3.21. The summed E-state index contributed by atoms with van der Waals surface area (Å²) in [6.07, 6.45) is 7.50. The molecule has 0 saturated heterocycles. The fraction of sp³-hybridized carbons (Fsp3) is 0.812. The number of ketones is 1. The van der Waals surface area contributed by atoms with Gasteiger partial charge in [-0.3, -0.25) is 9.59 Å². The van der Waals surface area contributed by atoms with Crippen LogP contribution in [0.25, 0.3) is 0 Å². The van der Waals surface area contributed by atoms with Crippen LogP contribution in [0, 0.1) is 0 Å². The van der Waals surface area contributed by atoms with Crippen LogP contribution in [0.1, 0.15) is 78.6 Å². The van der Waals surface area contributed by atoms with Gasteiger partial charge < -0.3 is 15.0 Å². The number of carboxylic acids is 2. The Labute approximate surface area is 152 Å². The summed E-state index contributed by atoms with van der Waals surface area (Å²) in [6.45, 7) is 5.65. The second kappa shape index (κ2) is 22.9. The van der Waals surface area contributed by atoms with Gasteiger partial charge in [-0.25, -0.2) is 0 Å². The molecule has 2 atom stereocenters. The topological polar surface area (TPSA) is 91.7 Å². The van der Waals surface area contributed by atoms with Gasteiger partial charge in [0.05, 0.1) is 0 Å². The predicted molar refractivity (Wildman–Crippen MR) is 110 cm³/mol. The van der Waals surface area contributed by atoms with Crippen LogP contribution in [0.15, 0.2) is 0 Å². The van der Waals surface area contributed by atoms with Crippen molar-refractivity contribution in [1.29, 1.82) is 0 Å². The Hall–Kier alpha value is -0.100. The Kier molecular flexibility index (Phi) is 27.4. The normalized spacial score (nSPS) is 9.42. The van der Waals surface area contributed by atoms with Crippen LogP contribution >= 0.6 is 25.2 Å². The van der Waals surface area contributed by atoms with E-state index in [2.05, 4.69) is 17.9 Å². The van der Waals surface area contributed by atoms with Gasteiger partial charge in [-0.05, 0) is 32.3 Å². The van der Waals surface area contributed by atoms with Crippen molar-refractivity contribution in [3.8, 4) is 0 Å². The highest BCUT2D eigenvalue weighted by molar-refractivity contribution is 8.43. The lowest BCUT2D eigenvalue weighted by Gasteiger charge is -2.01. The van der Waals surface area contributed by atoms with E-state index in [0.29, 0.717) is 18.6 Å². The molecule has 0 heterocycles. The van der Waals surface area contributed by atoms with E-state index in [1.54, 1.807) is 6.92 Å². The summed E-state index contributed by atoms with van der Waals surface area (Å²) >= 11 is 0. The van der Waals surface area contributed by atoms with Crippen LogP contribution in [0.5, 0.6) is 0 Å². The Bertz CT molecular complexity index is 305. The first-order chi connectivity index (χ1) is 11.3. The molecule has 0 spiro atoms. The van der Waals surface area contributed by atoms with Gasteiger partial charge in [-0.15, -0.1) is 17.9 Å². The molecular weight excluding hydrogens is 365 g/mol. The standard InChI is InChI=1S/C9H16O4.C5H13OP3.C2H6/c10-8(11)6-4-2-1-3-5-7-9(12)13;1-5(6)3-2-4-9(7)8;1-2/h1-7H2,(H,10,11)(H,12,13);2-4,7-8H2,1H3;1-2H3. The summed E-state index contributed by atoms with van der Waals surface area (Å²) in [5.74, 6) is -1.21. The largest absolute Gasteiger partial charge is 0.481 e. The van der Waals surface area contributed by atoms with Crippen LogP contribution in [0.2, 0.25) is 0 Å². The van der Waals surface area contributed by atoms with E-state index < -0.39 is 11.9 Å². The number of unbranched alkanes of at least 4 members (excludes halogenated alkanes) is 4. The SMILES string of the molecule is CC.CC(=O)CCCP(P)P.O=C(O)CCCCCCCC(=O)O. The molecule has 0 aromatic carbocycles. The minimum atomic E-state index is -0.759. The van der Waals surface area contributed by atoms with Crippen molar-refractivity contribution in [2.75, 3.05) is 6.16 Å². The van der Waals surface area contributed by atoms with Crippen LogP contribution in [0.4, 0.5) is 0 Å². The Balaban J connectivity index is -0.000000351. The summed E-state index contributed by atoms with van der Waals surface area (Å²) in [6, 6.07) is 0. The van der Waals surface area contributed by atoms with Gasteiger partial charge in [0, 0.05) is 19.3 Å². The number of hydrogen-bond donors (Lipinski definition) is 2. The van der Waals surface area contributed by atoms with E-state index in [1.165, 1.54) is 6.16 Å². The van der Waals surface area contributed by atoms with Crippen molar-refractivity contribution < 1.29 is 24.6 Å². The molecule has 8 heteroatoms. The average Bonchev–Trinajstić information content (AvgIpc) is 2.47. The van der Waals surface area contributed by atoms with E-state index in [9.17, 15) is 14.4 Å². The molecule has 5 nitrogen and oxygen atoms in total. The molecule has 0 amide bonds. The van der Waals surface area contributed by atoms with Gasteiger partial charge in [0.25, 0.3) is 0 Å². The maximum Gasteiger partial charge on any atom is 0.303 e. The van der Waals surface area contributed by atoms with Gasteiger partial charge in [0.15, 0.2) is 0 Å². The zero-order chi connectivity index (χ0) is 19.4. The Morgan fingerprint density at radius 3 is 1.42 bits per heavy atom. The molecule has 0 aromatic rings. The third-order valence-electron chi connectivity index (χ3n) is 2.73.